The zero-order valence-corrected chi connectivity index (χ0v) is 15.1. The van der Waals surface area contributed by atoms with E-state index in [1.54, 1.807) is 18.2 Å². The molecule has 6 nitrogen and oxygen atoms in total. The molecule has 0 saturated heterocycles. The summed E-state index contributed by atoms with van der Waals surface area (Å²) in [5, 5.41) is 2.56. The zero-order chi connectivity index (χ0) is 18.1. The molecule has 0 heterocycles. The van der Waals surface area contributed by atoms with Gasteiger partial charge < -0.3 is 14.8 Å². The lowest BCUT2D eigenvalue weighted by atomic mass is 9.99. The smallest absolute Gasteiger partial charge is 0.339 e. The van der Waals surface area contributed by atoms with Crippen LogP contribution in [0.15, 0.2) is 29.2 Å². The summed E-state index contributed by atoms with van der Waals surface area (Å²) in [5.74, 6) is -1.72. The van der Waals surface area contributed by atoms with Gasteiger partial charge in [-0.2, -0.15) is 0 Å². The Morgan fingerprint density at radius 3 is 2.50 bits per heavy atom. The molecule has 1 aromatic rings. The molecule has 0 bridgehead atoms. The maximum Gasteiger partial charge on any atom is 0.339 e. The predicted molar refractivity (Wildman–Crippen MR) is 91.9 cm³/mol. The molecule has 0 radical (unpaired) electrons. The van der Waals surface area contributed by atoms with E-state index in [0.717, 1.165) is 4.90 Å². The van der Waals surface area contributed by atoms with E-state index in [1.165, 1.54) is 18.9 Å². The quantitative estimate of drug-likeness (QED) is 0.570. The lowest BCUT2D eigenvalue weighted by Crippen LogP contribution is -2.47. The fourth-order valence-corrected chi connectivity index (χ4v) is 2.62. The number of benzene rings is 1. The molecule has 2 atom stereocenters. The van der Waals surface area contributed by atoms with E-state index in [4.69, 9.17) is 9.47 Å². The van der Waals surface area contributed by atoms with Crippen LogP contribution >= 0.6 is 11.8 Å². The summed E-state index contributed by atoms with van der Waals surface area (Å²) < 4.78 is 9.74. The van der Waals surface area contributed by atoms with Crippen molar-refractivity contribution in [1.29, 1.82) is 0 Å². The van der Waals surface area contributed by atoms with Crippen LogP contribution in [0.4, 0.5) is 0 Å². The van der Waals surface area contributed by atoms with Crippen molar-refractivity contribution in [3.63, 3.8) is 0 Å². The van der Waals surface area contributed by atoms with Crippen molar-refractivity contribution in [3.8, 4) is 0 Å². The molecule has 1 rings (SSSR count). The van der Waals surface area contributed by atoms with Crippen molar-refractivity contribution in [2.45, 2.75) is 31.2 Å². The molecule has 0 fully saturated rings. The minimum atomic E-state index is -0.760. The van der Waals surface area contributed by atoms with Gasteiger partial charge in [-0.15, -0.1) is 11.8 Å². The number of amides is 1. The molecule has 0 aliphatic rings. The Morgan fingerprint density at radius 2 is 1.92 bits per heavy atom. The molecule has 0 unspecified atom stereocenters. The molecule has 0 aromatic heterocycles. The topological polar surface area (TPSA) is 81.7 Å². The molecular formula is C17H23NO5S. The normalized spacial score (nSPS) is 12.8. The highest BCUT2D eigenvalue weighted by atomic mass is 32.2. The van der Waals surface area contributed by atoms with E-state index in [1.807, 2.05) is 26.2 Å². The van der Waals surface area contributed by atoms with Crippen LogP contribution in [-0.2, 0) is 19.1 Å². The molecule has 1 amide bonds. The van der Waals surface area contributed by atoms with Crippen molar-refractivity contribution in [1.82, 2.24) is 5.32 Å². The van der Waals surface area contributed by atoms with E-state index >= 15 is 0 Å². The number of hydrogen-bond donors (Lipinski definition) is 1. The largest absolute Gasteiger partial charge is 0.467 e. The van der Waals surface area contributed by atoms with Gasteiger partial charge in [0.05, 0.1) is 12.7 Å². The van der Waals surface area contributed by atoms with Gasteiger partial charge in [0.15, 0.2) is 6.61 Å². The Balaban J connectivity index is 2.64. The first kappa shape index (κ1) is 20.0. The number of carbonyl (C=O) groups excluding carboxylic acids is 3. The first-order valence-electron chi connectivity index (χ1n) is 7.61. The number of esters is 2. The standard InChI is InChI=1S/C17H23NO5S/c1-5-11(2)15(17(21)22-3)18-14(19)10-23-16(20)12-8-6-7-9-13(12)24-4/h6-9,11,15H,5,10H2,1-4H3,(H,18,19)/t11-,15-/m1/s1. The van der Waals surface area contributed by atoms with E-state index in [2.05, 4.69) is 5.32 Å². The summed E-state index contributed by atoms with van der Waals surface area (Å²) in [6.07, 6.45) is 2.55. The molecule has 24 heavy (non-hydrogen) atoms. The van der Waals surface area contributed by atoms with Crippen molar-refractivity contribution in [3.05, 3.63) is 29.8 Å². The maximum atomic E-state index is 12.1. The Labute approximate surface area is 146 Å². The lowest BCUT2D eigenvalue weighted by Gasteiger charge is -2.21. The van der Waals surface area contributed by atoms with Crippen LogP contribution in [0.5, 0.6) is 0 Å². The zero-order valence-electron chi connectivity index (χ0n) is 14.3. The van der Waals surface area contributed by atoms with Crippen molar-refractivity contribution in [2.24, 2.45) is 5.92 Å². The van der Waals surface area contributed by atoms with Crippen LogP contribution < -0.4 is 5.32 Å². The average molecular weight is 353 g/mol. The monoisotopic (exact) mass is 353 g/mol. The van der Waals surface area contributed by atoms with Crippen molar-refractivity contribution >= 4 is 29.6 Å². The van der Waals surface area contributed by atoms with Gasteiger partial charge in [-0.25, -0.2) is 9.59 Å². The Morgan fingerprint density at radius 1 is 1.25 bits per heavy atom. The number of nitrogens with one attached hydrogen (secondary N) is 1. The second-order valence-electron chi connectivity index (χ2n) is 5.23. The summed E-state index contributed by atoms with van der Waals surface area (Å²) in [7, 11) is 1.27. The van der Waals surface area contributed by atoms with Crippen LogP contribution in [0.25, 0.3) is 0 Å². The summed E-state index contributed by atoms with van der Waals surface area (Å²) in [5.41, 5.74) is 0.407. The van der Waals surface area contributed by atoms with Gasteiger partial charge in [0.1, 0.15) is 6.04 Å². The highest BCUT2D eigenvalue weighted by Gasteiger charge is 2.27. The minimum Gasteiger partial charge on any atom is -0.467 e. The predicted octanol–water partition coefficient (Wildman–Crippen LogP) is 2.27. The van der Waals surface area contributed by atoms with Gasteiger partial charge >= 0.3 is 11.9 Å². The van der Waals surface area contributed by atoms with E-state index in [9.17, 15) is 14.4 Å². The number of rotatable bonds is 8. The number of ether oxygens (including phenoxy) is 2. The van der Waals surface area contributed by atoms with Gasteiger partial charge in [0.2, 0.25) is 0 Å². The summed E-state index contributed by atoms with van der Waals surface area (Å²) in [6.45, 7) is 3.29. The van der Waals surface area contributed by atoms with Crippen molar-refractivity contribution < 1.29 is 23.9 Å². The number of thioether (sulfide) groups is 1. The summed E-state index contributed by atoms with van der Waals surface area (Å²) in [6, 6.07) is 6.24. The van der Waals surface area contributed by atoms with E-state index in [-0.39, 0.29) is 5.92 Å². The van der Waals surface area contributed by atoms with Crippen LogP contribution in [0.2, 0.25) is 0 Å². The van der Waals surface area contributed by atoms with E-state index in [0.29, 0.717) is 12.0 Å². The van der Waals surface area contributed by atoms with Crippen molar-refractivity contribution in [2.75, 3.05) is 20.0 Å². The Bertz CT molecular complexity index is 590. The fraction of sp³-hybridized carbons (Fsp3) is 0.471. The Hall–Kier alpha value is -2.02. The second-order valence-corrected chi connectivity index (χ2v) is 6.08. The van der Waals surface area contributed by atoms with Gasteiger partial charge in [-0.3, -0.25) is 4.79 Å². The fourth-order valence-electron chi connectivity index (χ4n) is 2.03. The molecular weight excluding hydrogens is 330 g/mol. The highest BCUT2D eigenvalue weighted by Crippen LogP contribution is 2.20. The Kier molecular flexibility index (Phi) is 8.32. The molecule has 1 N–H and O–H groups in total. The first-order valence-corrected chi connectivity index (χ1v) is 8.84. The highest BCUT2D eigenvalue weighted by molar-refractivity contribution is 7.98. The molecule has 0 saturated carbocycles. The third kappa shape index (κ3) is 5.56. The molecule has 1 aromatic carbocycles. The first-order chi connectivity index (χ1) is 11.4. The number of carbonyl (C=O) groups is 3. The number of methoxy groups -OCH3 is 1. The SMILES string of the molecule is CC[C@@H](C)[C@@H](NC(=O)COC(=O)c1ccccc1SC)C(=O)OC. The molecule has 0 aliphatic carbocycles. The molecule has 0 aliphatic heterocycles. The van der Waals surface area contributed by atoms with Gasteiger partial charge in [0.25, 0.3) is 5.91 Å². The molecule has 0 spiro atoms. The van der Waals surface area contributed by atoms with Gasteiger partial charge in [-0.05, 0) is 24.3 Å². The summed E-state index contributed by atoms with van der Waals surface area (Å²) in [4.78, 5) is 36.6. The van der Waals surface area contributed by atoms with Crippen LogP contribution in [0, 0.1) is 5.92 Å². The minimum absolute atomic E-state index is 0.0886. The number of hydrogen-bond acceptors (Lipinski definition) is 6. The summed E-state index contributed by atoms with van der Waals surface area (Å²) >= 11 is 1.42. The maximum absolute atomic E-state index is 12.1. The van der Waals surface area contributed by atoms with Gasteiger partial charge in [-0.1, -0.05) is 32.4 Å². The third-order valence-corrected chi connectivity index (χ3v) is 4.44. The average Bonchev–Trinajstić information content (AvgIpc) is 2.62. The molecule has 7 heteroatoms. The lowest BCUT2D eigenvalue weighted by molar-refractivity contribution is -0.147. The van der Waals surface area contributed by atoms with Crippen LogP contribution in [0.3, 0.4) is 0 Å². The third-order valence-electron chi connectivity index (χ3n) is 3.65. The van der Waals surface area contributed by atoms with E-state index < -0.39 is 30.5 Å². The van der Waals surface area contributed by atoms with Gasteiger partial charge in [0, 0.05) is 4.90 Å². The van der Waals surface area contributed by atoms with Crippen LogP contribution in [-0.4, -0.2) is 43.9 Å². The molecule has 132 valence electrons. The van der Waals surface area contributed by atoms with Crippen LogP contribution in [0.1, 0.15) is 30.6 Å². The second kappa shape index (κ2) is 9.97.